The fourth-order valence-electron chi connectivity index (χ4n) is 2.53. The fourth-order valence-corrected chi connectivity index (χ4v) is 2.84. The van der Waals surface area contributed by atoms with Gasteiger partial charge in [0, 0.05) is 16.1 Å². The van der Waals surface area contributed by atoms with Crippen LogP contribution in [0.2, 0.25) is 5.02 Å². The lowest BCUT2D eigenvalue weighted by molar-refractivity contribution is 0.324. The third-order valence-corrected chi connectivity index (χ3v) is 4.32. The molecule has 0 saturated carbocycles. The van der Waals surface area contributed by atoms with Gasteiger partial charge < -0.3 is 14.2 Å². The van der Waals surface area contributed by atoms with Crippen LogP contribution in [-0.4, -0.2) is 42.4 Å². The van der Waals surface area contributed by atoms with E-state index in [1.807, 2.05) is 18.2 Å². The number of hydrogen-bond acceptors (Lipinski definition) is 6. The van der Waals surface area contributed by atoms with Gasteiger partial charge in [-0.2, -0.15) is 14.9 Å². The van der Waals surface area contributed by atoms with Gasteiger partial charge in [-0.05, 0) is 48.6 Å². The molecule has 7 nitrogen and oxygen atoms in total. The van der Waals surface area contributed by atoms with E-state index in [2.05, 4.69) is 15.3 Å². The fraction of sp³-hybridized carbons (Fsp3) is 0.167. The van der Waals surface area contributed by atoms with E-state index in [1.165, 1.54) is 4.68 Å². The van der Waals surface area contributed by atoms with Gasteiger partial charge in [-0.1, -0.05) is 11.6 Å². The maximum atomic E-state index is 5.95. The van der Waals surface area contributed by atoms with Gasteiger partial charge in [0.2, 0.25) is 10.5 Å². The van der Waals surface area contributed by atoms with Crippen molar-refractivity contribution in [3.8, 4) is 28.6 Å². The Balaban J connectivity index is 2.04. The van der Waals surface area contributed by atoms with Gasteiger partial charge in [-0.3, -0.25) is 0 Å². The second-order valence-corrected chi connectivity index (χ2v) is 6.16. The first-order chi connectivity index (χ1) is 13.1. The third kappa shape index (κ3) is 3.81. The molecule has 0 aliphatic rings. The van der Waals surface area contributed by atoms with Gasteiger partial charge in [0.05, 0.1) is 27.5 Å². The Morgan fingerprint density at radius 2 is 1.74 bits per heavy atom. The predicted molar refractivity (Wildman–Crippen MR) is 107 cm³/mol. The van der Waals surface area contributed by atoms with Crippen molar-refractivity contribution in [2.24, 2.45) is 5.10 Å². The van der Waals surface area contributed by atoms with Gasteiger partial charge in [0.1, 0.15) is 0 Å². The first kappa shape index (κ1) is 18.9. The van der Waals surface area contributed by atoms with Crippen LogP contribution in [-0.2, 0) is 0 Å². The Hall–Kier alpha value is -2.84. The Kier molecular flexibility index (Phi) is 5.78. The topological polar surface area (TPSA) is 73.7 Å². The standard InChI is InChI=1S/C18H17ClN4O3S/c1-24-14-9-6-12(15(25-2)16(14)26-3)10-20-23-17(21-22-18(23)27)11-4-7-13(19)8-5-11/h4-10H,1-3H3,(H,22,27). The molecule has 9 heteroatoms. The molecule has 0 fully saturated rings. The minimum Gasteiger partial charge on any atom is -0.493 e. The lowest BCUT2D eigenvalue weighted by Crippen LogP contribution is -2.00. The zero-order valence-electron chi connectivity index (χ0n) is 14.9. The molecule has 1 aromatic heterocycles. The largest absolute Gasteiger partial charge is 0.493 e. The van der Waals surface area contributed by atoms with Crippen molar-refractivity contribution in [2.45, 2.75) is 0 Å². The molecule has 0 amide bonds. The summed E-state index contributed by atoms with van der Waals surface area (Å²) in [6.07, 6.45) is 1.62. The van der Waals surface area contributed by atoms with Crippen molar-refractivity contribution in [1.82, 2.24) is 14.9 Å². The molecule has 0 aliphatic heterocycles. The quantitative estimate of drug-likeness (QED) is 0.493. The third-order valence-electron chi connectivity index (χ3n) is 3.80. The summed E-state index contributed by atoms with van der Waals surface area (Å²) in [6.45, 7) is 0. The molecule has 3 aromatic rings. The van der Waals surface area contributed by atoms with E-state index in [0.717, 1.165) is 5.56 Å². The van der Waals surface area contributed by atoms with E-state index in [4.69, 9.17) is 38.0 Å². The molecule has 0 unspecified atom stereocenters. The van der Waals surface area contributed by atoms with E-state index in [0.29, 0.717) is 38.4 Å². The predicted octanol–water partition coefficient (Wildman–Crippen LogP) is 4.17. The average molecular weight is 405 g/mol. The Labute approximate surface area is 166 Å². The first-order valence-electron chi connectivity index (χ1n) is 7.85. The number of aromatic nitrogens is 3. The summed E-state index contributed by atoms with van der Waals surface area (Å²) in [7, 11) is 4.66. The van der Waals surface area contributed by atoms with E-state index in [1.54, 1.807) is 45.7 Å². The number of methoxy groups -OCH3 is 3. The number of nitrogens with zero attached hydrogens (tertiary/aromatic N) is 3. The molecular formula is C18H17ClN4O3S. The number of nitrogens with one attached hydrogen (secondary N) is 1. The number of hydrogen-bond donors (Lipinski definition) is 1. The van der Waals surface area contributed by atoms with Gasteiger partial charge in [0.15, 0.2) is 17.3 Å². The van der Waals surface area contributed by atoms with Crippen LogP contribution in [0.1, 0.15) is 5.56 Å². The summed E-state index contributed by atoms with van der Waals surface area (Å²) in [6, 6.07) is 10.8. The summed E-state index contributed by atoms with van der Waals surface area (Å²) in [5, 5.41) is 12.1. The van der Waals surface area contributed by atoms with Gasteiger partial charge in [-0.25, -0.2) is 5.10 Å². The lowest BCUT2D eigenvalue weighted by atomic mass is 10.2. The SMILES string of the molecule is COc1ccc(C=Nn2c(-c3ccc(Cl)cc3)n[nH]c2=S)c(OC)c1OC. The van der Waals surface area contributed by atoms with Crippen LogP contribution < -0.4 is 14.2 Å². The van der Waals surface area contributed by atoms with Crippen LogP contribution in [0.4, 0.5) is 0 Å². The first-order valence-corrected chi connectivity index (χ1v) is 8.64. The molecule has 2 aromatic carbocycles. The van der Waals surface area contributed by atoms with Crippen molar-refractivity contribution < 1.29 is 14.2 Å². The zero-order valence-corrected chi connectivity index (χ0v) is 16.5. The van der Waals surface area contributed by atoms with E-state index in [-0.39, 0.29) is 0 Å². The summed E-state index contributed by atoms with van der Waals surface area (Å²) in [5.74, 6) is 2.11. The Morgan fingerprint density at radius 1 is 1.04 bits per heavy atom. The molecule has 0 spiro atoms. The average Bonchev–Trinajstić information content (AvgIpc) is 3.06. The van der Waals surface area contributed by atoms with E-state index >= 15 is 0 Å². The van der Waals surface area contributed by atoms with Crippen LogP contribution in [0.15, 0.2) is 41.5 Å². The van der Waals surface area contributed by atoms with Crippen molar-refractivity contribution in [3.05, 3.63) is 51.8 Å². The molecule has 1 heterocycles. The van der Waals surface area contributed by atoms with Crippen LogP contribution in [0.25, 0.3) is 11.4 Å². The molecule has 27 heavy (non-hydrogen) atoms. The maximum absolute atomic E-state index is 5.95. The minimum atomic E-state index is 0.357. The zero-order chi connectivity index (χ0) is 19.4. The molecule has 1 N–H and O–H groups in total. The van der Waals surface area contributed by atoms with Crippen molar-refractivity contribution in [3.63, 3.8) is 0 Å². The maximum Gasteiger partial charge on any atom is 0.216 e. The van der Waals surface area contributed by atoms with Crippen LogP contribution >= 0.6 is 23.8 Å². The highest BCUT2D eigenvalue weighted by atomic mass is 35.5. The highest BCUT2D eigenvalue weighted by Crippen LogP contribution is 2.39. The van der Waals surface area contributed by atoms with Crippen molar-refractivity contribution in [1.29, 1.82) is 0 Å². The van der Waals surface area contributed by atoms with Crippen molar-refractivity contribution in [2.75, 3.05) is 21.3 Å². The van der Waals surface area contributed by atoms with E-state index in [9.17, 15) is 0 Å². The normalized spacial score (nSPS) is 11.0. The number of benzene rings is 2. The summed E-state index contributed by atoms with van der Waals surface area (Å²) >= 11 is 11.2. The highest BCUT2D eigenvalue weighted by Gasteiger charge is 2.15. The van der Waals surface area contributed by atoms with Crippen LogP contribution in [0.5, 0.6) is 17.2 Å². The van der Waals surface area contributed by atoms with Crippen molar-refractivity contribution >= 4 is 30.0 Å². The Morgan fingerprint density at radius 3 is 2.37 bits per heavy atom. The molecule has 0 atom stereocenters. The molecule has 0 saturated heterocycles. The van der Waals surface area contributed by atoms with Gasteiger partial charge in [0.25, 0.3) is 0 Å². The number of ether oxygens (including phenoxy) is 3. The van der Waals surface area contributed by atoms with Gasteiger partial charge >= 0.3 is 0 Å². The number of halogens is 1. The van der Waals surface area contributed by atoms with Crippen LogP contribution in [0, 0.1) is 4.77 Å². The number of rotatable bonds is 6. The van der Waals surface area contributed by atoms with E-state index < -0.39 is 0 Å². The molecule has 3 rings (SSSR count). The molecule has 0 radical (unpaired) electrons. The van der Waals surface area contributed by atoms with Crippen LogP contribution in [0.3, 0.4) is 0 Å². The summed E-state index contributed by atoms with van der Waals surface area (Å²) < 4.78 is 18.0. The smallest absolute Gasteiger partial charge is 0.216 e. The molecule has 0 aliphatic carbocycles. The molecule has 0 bridgehead atoms. The summed E-state index contributed by atoms with van der Waals surface area (Å²) in [4.78, 5) is 0. The highest BCUT2D eigenvalue weighted by molar-refractivity contribution is 7.71. The lowest BCUT2D eigenvalue weighted by Gasteiger charge is -2.13. The second kappa shape index (κ2) is 8.24. The monoisotopic (exact) mass is 404 g/mol. The number of H-pyrrole nitrogens is 1. The van der Waals surface area contributed by atoms with Gasteiger partial charge in [-0.15, -0.1) is 0 Å². The Bertz CT molecular complexity index is 1030. The number of aromatic amines is 1. The second-order valence-electron chi connectivity index (χ2n) is 5.34. The molecule has 140 valence electrons. The summed E-state index contributed by atoms with van der Waals surface area (Å²) in [5.41, 5.74) is 1.52. The molecular weight excluding hydrogens is 388 g/mol. The minimum absolute atomic E-state index is 0.357.